The Balaban J connectivity index is 2.39. The molecule has 0 fully saturated rings. The molecule has 19 heavy (non-hydrogen) atoms. The molecule has 3 N–H and O–H groups in total. The van der Waals surface area contributed by atoms with Crippen LogP contribution in [0.4, 0.5) is 5.69 Å². The Morgan fingerprint density at radius 3 is 2.63 bits per heavy atom. The van der Waals surface area contributed by atoms with E-state index in [-0.39, 0.29) is 18.0 Å². The molecule has 100 valence electrons. The van der Waals surface area contributed by atoms with Crippen molar-refractivity contribution in [2.24, 2.45) is 5.73 Å². The minimum absolute atomic E-state index is 0.0452. The van der Waals surface area contributed by atoms with Gasteiger partial charge in [0.1, 0.15) is 0 Å². The topological polar surface area (TPSA) is 98.3 Å². The Hall–Kier alpha value is -2.39. The number of nitrogens with zero attached hydrogens (tertiary/aromatic N) is 1. The summed E-state index contributed by atoms with van der Waals surface area (Å²) in [7, 11) is 0. The minimum atomic E-state index is -0.693. The lowest BCUT2D eigenvalue weighted by Crippen LogP contribution is -2.41. The standard InChI is InChI=1S/C13H15N3O3/c1-2-3-12(14)13(17)15-9-8-10-4-6-11(7-5-10)16(18)19/h1,4-7,12H,3,8-9,14H2,(H,15,17). The summed E-state index contributed by atoms with van der Waals surface area (Å²) in [5, 5.41) is 13.1. The van der Waals surface area contributed by atoms with E-state index in [4.69, 9.17) is 12.2 Å². The molecule has 0 heterocycles. The zero-order valence-electron chi connectivity index (χ0n) is 10.3. The van der Waals surface area contributed by atoms with Gasteiger partial charge in [0.15, 0.2) is 0 Å². The maximum atomic E-state index is 11.4. The zero-order chi connectivity index (χ0) is 14.3. The van der Waals surface area contributed by atoms with Gasteiger partial charge in [-0.3, -0.25) is 14.9 Å². The van der Waals surface area contributed by atoms with Crippen molar-refractivity contribution >= 4 is 11.6 Å². The van der Waals surface area contributed by atoms with E-state index >= 15 is 0 Å². The number of amides is 1. The molecular formula is C13H15N3O3. The third kappa shape index (κ3) is 4.77. The fraction of sp³-hybridized carbons (Fsp3) is 0.308. The molecule has 0 radical (unpaired) electrons. The van der Waals surface area contributed by atoms with E-state index in [9.17, 15) is 14.9 Å². The number of nitrogens with one attached hydrogen (secondary N) is 1. The lowest BCUT2D eigenvalue weighted by Gasteiger charge is -2.09. The van der Waals surface area contributed by atoms with Crippen molar-refractivity contribution in [1.29, 1.82) is 0 Å². The van der Waals surface area contributed by atoms with Crippen LogP contribution >= 0.6 is 0 Å². The average Bonchev–Trinajstić information content (AvgIpc) is 2.39. The van der Waals surface area contributed by atoms with Crippen LogP contribution in [-0.4, -0.2) is 23.4 Å². The zero-order valence-corrected chi connectivity index (χ0v) is 10.3. The average molecular weight is 261 g/mol. The van der Waals surface area contributed by atoms with Gasteiger partial charge in [0, 0.05) is 25.1 Å². The highest BCUT2D eigenvalue weighted by Crippen LogP contribution is 2.11. The Morgan fingerprint density at radius 1 is 1.47 bits per heavy atom. The maximum Gasteiger partial charge on any atom is 0.269 e. The molecule has 0 saturated heterocycles. The first-order valence-electron chi connectivity index (χ1n) is 5.74. The fourth-order valence-electron chi connectivity index (χ4n) is 1.47. The third-order valence-corrected chi connectivity index (χ3v) is 2.53. The smallest absolute Gasteiger partial charge is 0.269 e. The number of nitro benzene ring substituents is 1. The number of rotatable bonds is 6. The van der Waals surface area contributed by atoms with Gasteiger partial charge in [-0.25, -0.2) is 0 Å². The van der Waals surface area contributed by atoms with Crippen LogP contribution in [0, 0.1) is 22.5 Å². The van der Waals surface area contributed by atoms with E-state index in [1.165, 1.54) is 12.1 Å². The summed E-state index contributed by atoms with van der Waals surface area (Å²) in [6.45, 7) is 0.412. The van der Waals surface area contributed by atoms with Crippen molar-refractivity contribution in [3.8, 4) is 12.3 Å². The molecule has 6 nitrogen and oxygen atoms in total. The summed E-state index contributed by atoms with van der Waals surface area (Å²) in [6, 6.07) is 5.49. The molecule has 1 aromatic carbocycles. The van der Waals surface area contributed by atoms with Crippen LogP contribution in [0.15, 0.2) is 24.3 Å². The van der Waals surface area contributed by atoms with E-state index in [1.54, 1.807) is 12.1 Å². The highest BCUT2D eigenvalue weighted by atomic mass is 16.6. The molecule has 6 heteroatoms. The van der Waals surface area contributed by atoms with Crippen LogP contribution in [0.25, 0.3) is 0 Å². The predicted molar refractivity (Wildman–Crippen MR) is 71.2 cm³/mol. The molecule has 0 aliphatic heterocycles. The monoisotopic (exact) mass is 261 g/mol. The summed E-state index contributed by atoms with van der Waals surface area (Å²) < 4.78 is 0. The van der Waals surface area contributed by atoms with E-state index in [0.29, 0.717) is 13.0 Å². The number of nitrogens with two attached hydrogens (primary N) is 1. The number of hydrogen-bond donors (Lipinski definition) is 2. The molecule has 1 rings (SSSR count). The SMILES string of the molecule is C#CCC(N)C(=O)NCCc1ccc([N+](=O)[O-])cc1. The van der Waals surface area contributed by atoms with Gasteiger partial charge in [-0.05, 0) is 12.0 Å². The highest BCUT2D eigenvalue weighted by molar-refractivity contribution is 5.81. The summed E-state index contributed by atoms with van der Waals surface area (Å²) in [5.41, 5.74) is 6.48. The maximum absolute atomic E-state index is 11.4. The number of terminal acetylenes is 1. The quantitative estimate of drug-likeness (QED) is 0.445. The molecule has 0 aliphatic rings. The van der Waals surface area contributed by atoms with Gasteiger partial charge < -0.3 is 11.1 Å². The number of carbonyl (C=O) groups excluding carboxylic acids is 1. The molecular weight excluding hydrogens is 246 g/mol. The summed E-state index contributed by atoms with van der Waals surface area (Å²) in [4.78, 5) is 21.5. The van der Waals surface area contributed by atoms with Crippen LogP contribution in [0.1, 0.15) is 12.0 Å². The Labute approximate surface area is 111 Å². The van der Waals surface area contributed by atoms with Crippen LogP contribution in [-0.2, 0) is 11.2 Å². The van der Waals surface area contributed by atoms with E-state index < -0.39 is 11.0 Å². The van der Waals surface area contributed by atoms with Crippen molar-refractivity contribution in [3.05, 3.63) is 39.9 Å². The van der Waals surface area contributed by atoms with E-state index in [2.05, 4.69) is 11.2 Å². The lowest BCUT2D eigenvalue weighted by molar-refractivity contribution is -0.384. The number of nitro groups is 1. The Morgan fingerprint density at radius 2 is 2.11 bits per heavy atom. The molecule has 0 aromatic heterocycles. The first-order chi connectivity index (χ1) is 9.04. The van der Waals surface area contributed by atoms with Crippen LogP contribution < -0.4 is 11.1 Å². The molecule has 0 bridgehead atoms. The molecule has 0 spiro atoms. The first-order valence-corrected chi connectivity index (χ1v) is 5.74. The summed E-state index contributed by atoms with van der Waals surface area (Å²) in [5.74, 6) is 2.03. The molecule has 1 amide bonds. The second kappa shape index (κ2) is 7.13. The van der Waals surface area contributed by atoms with Crippen molar-refractivity contribution in [1.82, 2.24) is 5.32 Å². The third-order valence-electron chi connectivity index (χ3n) is 2.53. The molecule has 1 aromatic rings. The number of non-ortho nitro benzene ring substituents is 1. The normalized spacial score (nSPS) is 11.4. The molecule has 0 saturated carbocycles. The van der Waals surface area contributed by atoms with Gasteiger partial charge >= 0.3 is 0 Å². The lowest BCUT2D eigenvalue weighted by atomic mass is 10.1. The Kier molecular flexibility index (Phi) is 5.51. The second-order valence-corrected chi connectivity index (χ2v) is 3.98. The van der Waals surface area contributed by atoms with Crippen LogP contribution in [0.2, 0.25) is 0 Å². The van der Waals surface area contributed by atoms with E-state index in [0.717, 1.165) is 5.56 Å². The summed E-state index contributed by atoms with van der Waals surface area (Å²) >= 11 is 0. The van der Waals surface area contributed by atoms with Crippen molar-refractivity contribution in [3.63, 3.8) is 0 Å². The van der Waals surface area contributed by atoms with Gasteiger partial charge in [-0.2, -0.15) is 0 Å². The predicted octanol–water partition coefficient (Wildman–Crippen LogP) is 0.604. The van der Waals surface area contributed by atoms with Crippen LogP contribution in [0.5, 0.6) is 0 Å². The van der Waals surface area contributed by atoms with Crippen molar-refractivity contribution in [2.75, 3.05) is 6.54 Å². The van der Waals surface area contributed by atoms with Gasteiger partial charge in [0.25, 0.3) is 5.69 Å². The number of carbonyl (C=O) groups is 1. The Bertz CT molecular complexity index is 491. The summed E-state index contributed by atoms with van der Waals surface area (Å²) in [6.07, 6.45) is 5.83. The van der Waals surface area contributed by atoms with Crippen molar-refractivity contribution < 1.29 is 9.72 Å². The highest BCUT2D eigenvalue weighted by Gasteiger charge is 2.11. The van der Waals surface area contributed by atoms with Gasteiger partial charge in [0.2, 0.25) is 5.91 Å². The largest absolute Gasteiger partial charge is 0.354 e. The molecule has 1 unspecified atom stereocenters. The number of hydrogen-bond acceptors (Lipinski definition) is 4. The minimum Gasteiger partial charge on any atom is -0.354 e. The van der Waals surface area contributed by atoms with Crippen molar-refractivity contribution in [2.45, 2.75) is 18.9 Å². The van der Waals surface area contributed by atoms with Gasteiger partial charge in [-0.15, -0.1) is 12.3 Å². The molecule has 0 aliphatic carbocycles. The van der Waals surface area contributed by atoms with E-state index in [1.807, 2.05) is 0 Å². The molecule has 1 atom stereocenters. The fourth-order valence-corrected chi connectivity index (χ4v) is 1.47. The van der Waals surface area contributed by atoms with Crippen LogP contribution in [0.3, 0.4) is 0 Å². The first kappa shape index (κ1) is 14.7. The second-order valence-electron chi connectivity index (χ2n) is 3.98. The van der Waals surface area contributed by atoms with Gasteiger partial charge in [0.05, 0.1) is 11.0 Å². The number of benzene rings is 1. The van der Waals surface area contributed by atoms with Gasteiger partial charge in [-0.1, -0.05) is 12.1 Å².